The molecule has 0 aromatic heterocycles. The molecule has 0 aliphatic rings. The van der Waals surface area contributed by atoms with Gasteiger partial charge in [-0.1, -0.05) is 42.5 Å². The van der Waals surface area contributed by atoms with Crippen LogP contribution in [0.15, 0.2) is 29.4 Å². The molecular formula is C22H37ClN4O6Si. The second-order valence-corrected chi connectivity index (χ2v) is 14.1. The van der Waals surface area contributed by atoms with Crippen molar-refractivity contribution < 1.29 is 28.5 Å². The number of halogens is 1. The van der Waals surface area contributed by atoms with Crippen LogP contribution in [0.3, 0.4) is 0 Å². The fourth-order valence-corrected chi connectivity index (χ4v) is 4.07. The van der Waals surface area contributed by atoms with Gasteiger partial charge in [-0.15, -0.1) is 0 Å². The molecule has 0 spiro atoms. The van der Waals surface area contributed by atoms with E-state index in [9.17, 15) is 4.79 Å². The van der Waals surface area contributed by atoms with Crippen molar-refractivity contribution >= 4 is 29.6 Å². The van der Waals surface area contributed by atoms with Gasteiger partial charge in [-0.3, -0.25) is 4.79 Å². The lowest BCUT2D eigenvalue weighted by Gasteiger charge is -2.14. The van der Waals surface area contributed by atoms with Gasteiger partial charge >= 0.3 is 0 Å². The SMILES string of the molecule is C[Si](C)(Cl)c1cccc(CC(=O)NCCOCCOCCOCCOCCOCCN=[N+]=[N-])c1. The van der Waals surface area contributed by atoms with Crippen molar-refractivity contribution in [2.24, 2.45) is 5.11 Å². The van der Waals surface area contributed by atoms with Crippen molar-refractivity contribution in [1.29, 1.82) is 0 Å². The molecule has 12 heteroatoms. The molecule has 0 atom stereocenters. The van der Waals surface area contributed by atoms with Crippen LogP contribution in [0.2, 0.25) is 13.1 Å². The number of hydrogen-bond acceptors (Lipinski definition) is 7. The minimum absolute atomic E-state index is 0.0370. The summed E-state index contributed by atoms with van der Waals surface area (Å²) >= 11 is 6.48. The molecule has 0 saturated carbocycles. The van der Waals surface area contributed by atoms with Gasteiger partial charge in [0.15, 0.2) is 7.38 Å². The third-order valence-corrected chi connectivity index (χ3v) is 6.77. The molecule has 0 fully saturated rings. The number of nitrogens with one attached hydrogen (secondary N) is 1. The van der Waals surface area contributed by atoms with E-state index in [0.717, 1.165) is 10.8 Å². The number of azide groups is 1. The summed E-state index contributed by atoms with van der Waals surface area (Å²) in [5.74, 6) is -0.0370. The maximum atomic E-state index is 12.1. The molecular weight excluding hydrogens is 480 g/mol. The van der Waals surface area contributed by atoms with Crippen molar-refractivity contribution in [2.75, 3.05) is 79.2 Å². The molecule has 0 radical (unpaired) electrons. The van der Waals surface area contributed by atoms with Crippen LogP contribution in [0.4, 0.5) is 0 Å². The van der Waals surface area contributed by atoms with E-state index in [2.05, 4.69) is 28.4 Å². The Balaban J connectivity index is 1.87. The lowest BCUT2D eigenvalue weighted by Crippen LogP contribution is -2.35. The van der Waals surface area contributed by atoms with E-state index >= 15 is 0 Å². The van der Waals surface area contributed by atoms with E-state index in [1.54, 1.807) is 0 Å². The number of hydrogen-bond donors (Lipinski definition) is 1. The molecule has 1 aromatic carbocycles. The van der Waals surface area contributed by atoms with Crippen LogP contribution in [0.5, 0.6) is 0 Å². The maximum absolute atomic E-state index is 12.1. The Labute approximate surface area is 207 Å². The fourth-order valence-electron chi connectivity index (χ4n) is 2.69. The highest BCUT2D eigenvalue weighted by Gasteiger charge is 2.20. The first kappa shape index (κ1) is 30.3. The van der Waals surface area contributed by atoms with Gasteiger partial charge in [0, 0.05) is 18.0 Å². The second-order valence-electron chi connectivity index (χ2n) is 7.72. The van der Waals surface area contributed by atoms with Crippen molar-refractivity contribution in [3.05, 3.63) is 40.3 Å². The molecule has 1 aromatic rings. The molecule has 1 rings (SSSR count). The number of amides is 1. The zero-order valence-electron chi connectivity index (χ0n) is 20.2. The van der Waals surface area contributed by atoms with Gasteiger partial charge in [0.2, 0.25) is 5.91 Å². The summed E-state index contributed by atoms with van der Waals surface area (Å²) < 4.78 is 26.8. The van der Waals surface area contributed by atoms with Crippen molar-refractivity contribution in [3.8, 4) is 0 Å². The molecule has 0 saturated heterocycles. The topological polar surface area (TPSA) is 124 Å². The van der Waals surface area contributed by atoms with Crippen LogP contribution in [-0.4, -0.2) is 92.4 Å². The average molecular weight is 517 g/mol. The number of carbonyl (C=O) groups excluding carboxylic acids is 1. The van der Waals surface area contributed by atoms with E-state index < -0.39 is 7.38 Å². The summed E-state index contributed by atoms with van der Waals surface area (Å²) in [6.07, 6.45) is 0.329. The summed E-state index contributed by atoms with van der Waals surface area (Å²) in [6, 6.07) is 7.94. The monoisotopic (exact) mass is 516 g/mol. The van der Waals surface area contributed by atoms with Crippen molar-refractivity contribution in [2.45, 2.75) is 19.5 Å². The van der Waals surface area contributed by atoms with Gasteiger partial charge in [0.25, 0.3) is 0 Å². The Kier molecular flexibility index (Phi) is 17.5. The Bertz CT molecular complexity index is 732. The lowest BCUT2D eigenvalue weighted by molar-refractivity contribution is -0.120. The standard InChI is InChI=1S/C22H37ClN4O6Si/c1-34(2,23)21-5-3-4-20(18-21)19-22(28)25-6-8-29-10-12-31-14-16-33-17-15-32-13-11-30-9-7-26-27-24/h3-5,18H,6-17,19H2,1-2H3,(H,25,28). The zero-order chi connectivity index (χ0) is 24.9. The van der Waals surface area contributed by atoms with Gasteiger partial charge in [-0.2, -0.15) is 11.1 Å². The number of carbonyl (C=O) groups is 1. The summed E-state index contributed by atoms with van der Waals surface area (Å²) in [5, 5.41) is 7.35. The summed E-state index contributed by atoms with van der Waals surface area (Å²) in [4.78, 5) is 14.7. The molecule has 1 N–H and O–H groups in total. The van der Waals surface area contributed by atoms with Gasteiger partial charge in [-0.05, 0) is 16.3 Å². The molecule has 192 valence electrons. The molecule has 34 heavy (non-hydrogen) atoms. The molecule has 0 unspecified atom stereocenters. The third-order valence-electron chi connectivity index (χ3n) is 4.43. The molecule has 0 heterocycles. The molecule has 0 bridgehead atoms. The third kappa shape index (κ3) is 16.8. The lowest BCUT2D eigenvalue weighted by atomic mass is 10.1. The van der Waals surface area contributed by atoms with Crippen molar-refractivity contribution in [3.63, 3.8) is 0 Å². The largest absolute Gasteiger partial charge is 0.379 e. The van der Waals surface area contributed by atoms with E-state index in [1.165, 1.54) is 0 Å². The first-order valence-corrected chi connectivity index (χ1v) is 15.4. The number of rotatable bonds is 21. The van der Waals surface area contributed by atoms with Crippen LogP contribution >= 0.6 is 11.1 Å². The number of benzene rings is 1. The smallest absolute Gasteiger partial charge is 0.224 e. The predicted octanol–water partition coefficient (Wildman–Crippen LogP) is 2.39. The van der Waals surface area contributed by atoms with Gasteiger partial charge in [0.05, 0.1) is 72.5 Å². The quantitative estimate of drug-likeness (QED) is 0.0668. The highest BCUT2D eigenvalue weighted by atomic mass is 35.6. The Morgan fingerprint density at radius 1 is 0.941 bits per heavy atom. The maximum Gasteiger partial charge on any atom is 0.224 e. The van der Waals surface area contributed by atoms with Crippen LogP contribution in [0.1, 0.15) is 5.56 Å². The molecule has 0 aliphatic heterocycles. The summed E-state index contributed by atoms with van der Waals surface area (Å²) in [6.45, 7) is 9.49. The van der Waals surface area contributed by atoms with Crippen LogP contribution < -0.4 is 10.5 Å². The van der Waals surface area contributed by atoms with E-state index in [4.69, 9.17) is 40.3 Å². The molecule has 1 amide bonds. The average Bonchev–Trinajstić information content (AvgIpc) is 2.80. The predicted molar refractivity (Wildman–Crippen MR) is 134 cm³/mol. The van der Waals surface area contributed by atoms with Gasteiger partial charge < -0.3 is 29.0 Å². The molecule has 10 nitrogen and oxygen atoms in total. The zero-order valence-corrected chi connectivity index (χ0v) is 21.9. The van der Waals surface area contributed by atoms with Crippen LogP contribution in [0.25, 0.3) is 10.4 Å². The summed E-state index contributed by atoms with van der Waals surface area (Å²) in [7, 11) is -1.90. The minimum atomic E-state index is -1.90. The molecule has 0 aliphatic carbocycles. The van der Waals surface area contributed by atoms with Crippen molar-refractivity contribution in [1.82, 2.24) is 5.32 Å². The normalized spacial score (nSPS) is 11.3. The Morgan fingerprint density at radius 3 is 2.00 bits per heavy atom. The minimum Gasteiger partial charge on any atom is -0.379 e. The van der Waals surface area contributed by atoms with E-state index in [-0.39, 0.29) is 5.91 Å². The van der Waals surface area contributed by atoms with E-state index in [0.29, 0.717) is 85.6 Å². The Hall–Kier alpha value is -1.69. The first-order valence-electron chi connectivity index (χ1n) is 11.4. The van der Waals surface area contributed by atoms with Crippen LogP contribution in [0, 0.1) is 0 Å². The Morgan fingerprint density at radius 2 is 1.47 bits per heavy atom. The highest BCUT2D eigenvalue weighted by molar-refractivity contribution is 7.26. The van der Waals surface area contributed by atoms with Crippen LogP contribution in [-0.2, 0) is 34.9 Å². The highest BCUT2D eigenvalue weighted by Crippen LogP contribution is 2.10. The fraction of sp³-hybridized carbons (Fsp3) is 0.682. The number of ether oxygens (including phenoxy) is 5. The van der Waals surface area contributed by atoms with E-state index in [1.807, 2.05) is 24.3 Å². The summed E-state index contributed by atoms with van der Waals surface area (Å²) in [5.41, 5.74) is 9.08. The second kappa shape index (κ2) is 19.6. The van der Waals surface area contributed by atoms with Gasteiger partial charge in [-0.25, -0.2) is 0 Å². The first-order chi connectivity index (χ1) is 16.4. The van der Waals surface area contributed by atoms with Gasteiger partial charge in [0.1, 0.15) is 0 Å². The number of nitrogens with zero attached hydrogens (tertiary/aromatic N) is 3.